The maximum absolute atomic E-state index is 10.5. The van der Waals surface area contributed by atoms with Crippen LogP contribution in [0.3, 0.4) is 0 Å². The van der Waals surface area contributed by atoms with Crippen LogP contribution in [-0.4, -0.2) is 23.9 Å². The standard InChI is InChI=1S/C16H32O2/c1-3-4-5-6-7-8-9-12-16(17)13-10-11-15(14-16)18-2/h15,17H,3-14H2,1-2H3. The Kier molecular flexibility index (Phi) is 7.92. The van der Waals surface area contributed by atoms with E-state index in [-0.39, 0.29) is 6.10 Å². The maximum atomic E-state index is 10.5. The van der Waals surface area contributed by atoms with Crippen molar-refractivity contribution in [3.05, 3.63) is 0 Å². The van der Waals surface area contributed by atoms with E-state index < -0.39 is 5.60 Å². The molecule has 1 fully saturated rings. The molecule has 2 atom stereocenters. The third kappa shape index (κ3) is 6.19. The zero-order valence-corrected chi connectivity index (χ0v) is 12.4. The van der Waals surface area contributed by atoms with Gasteiger partial charge < -0.3 is 9.84 Å². The number of hydrogen-bond donors (Lipinski definition) is 1. The first-order valence-electron chi connectivity index (χ1n) is 7.95. The lowest BCUT2D eigenvalue weighted by molar-refractivity contribution is -0.0644. The molecule has 108 valence electrons. The van der Waals surface area contributed by atoms with Gasteiger partial charge in [-0.15, -0.1) is 0 Å². The Balaban J connectivity index is 2.06. The highest BCUT2D eigenvalue weighted by Crippen LogP contribution is 2.33. The first-order chi connectivity index (χ1) is 8.70. The van der Waals surface area contributed by atoms with Crippen molar-refractivity contribution < 1.29 is 9.84 Å². The molecule has 0 spiro atoms. The normalized spacial score (nSPS) is 28.5. The van der Waals surface area contributed by atoms with Gasteiger partial charge in [0.2, 0.25) is 0 Å². The van der Waals surface area contributed by atoms with Crippen LogP contribution in [0.1, 0.15) is 84.0 Å². The predicted molar refractivity (Wildman–Crippen MR) is 76.8 cm³/mol. The van der Waals surface area contributed by atoms with Gasteiger partial charge in [-0.3, -0.25) is 0 Å². The molecule has 1 aliphatic rings. The largest absolute Gasteiger partial charge is 0.390 e. The first-order valence-corrected chi connectivity index (χ1v) is 7.95. The Morgan fingerprint density at radius 2 is 1.78 bits per heavy atom. The summed E-state index contributed by atoms with van der Waals surface area (Å²) in [6.45, 7) is 2.25. The van der Waals surface area contributed by atoms with E-state index in [1.165, 1.54) is 44.9 Å². The molecular weight excluding hydrogens is 224 g/mol. The van der Waals surface area contributed by atoms with Crippen molar-refractivity contribution >= 4 is 0 Å². The summed E-state index contributed by atoms with van der Waals surface area (Å²) in [4.78, 5) is 0. The zero-order chi connectivity index (χ0) is 13.3. The Hall–Kier alpha value is -0.0800. The summed E-state index contributed by atoms with van der Waals surface area (Å²) in [5.74, 6) is 0. The smallest absolute Gasteiger partial charge is 0.0672 e. The highest BCUT2D eigenvalue weighted by Gasteiger charge is 2.33. The highest BCUT2D eigenvalue weighted by atomic mass is 16.5. The minimum absolute atomic E-state index is 0.285. The predicted octanol–water partition coefficient (Wildman–Crippen LogP) is 4.45. The van der Waals surface area contributed by atoms with Crippen LogP contribution < -0.4 is 0 Å². The summed E-state index contributed by atoms with van der Waals surface area (Å²) in [5.41, 5.74) is -0.428. The average molecular weight is 256 g/mol. The fourth-order valence-electron chi connectivity index (χ4n) is 3.13. The monoisotopic (exact) mass is 256 g/mol. The number of aliphatic hydroxyl groups is 1. The van der Waals surface area contributed by atoms with Crippen molar-refractivity contribution in [1.82, 2.24) is 0 Å². The lowest BCUT2D eigenvalue weighted by Crippen LogP contribution is -2.38. The summed E-state index contributed by atoms with van der Waals surface area (Å²) in [6, 6.07) is 0. The molecule has 0 aromatic heterocycles. The molecule has 1 aliphatic carbocycles. The van der Waals surface area contributed by atoms with Gasteiger partial charge in [0.1, 0.15) is 0 Å². The molecule has 0 saturated heterocycles. The van der Waals surface area contributed by atoms with Crippen molar-refractivity contribution in [1.29, 1.82) is 0 Å². The lowest BCUT2D eigenvalue weighted by atomic mass is 9.79. The van der Waals surface area contributed by atoms with Gasteiger partial charge in [0.05, 0.1) is 11.7 Å². The van der Waals surface area contributed by atoms with Crippen LogP contribution in [0.2, 0.25) is 0 Å². The van der Waals surface area contributed by atoms with Crippen LogP contribution in [0.25, 0.3) is 0 Å². The Morgan fingerprint density at radius 1 is 1.11 bits per heavy atom. The topological polar surface area (TPSA) is 29.5 Å². The summed E-state index contributed by atoms with van der Waals surface area (Å²) in [5, 5.41) is 10.5. The van der Waals surface area contributed by atoms with Gasteiger partial charge in [0.15, 0.2) is 0 Å². The average Bonchev–Trinajstić information content (AvgIpc) is 2.37. The first kappa shape index (κ1) is 16.0. The van der Waals surface area contributed by atoms with E-state index in [2.05, 4.69) is 6.92 Å². The highest BCUT2D eigenvalue weighted by molar-refractivity contribution is 4.86. The van der Waals surface area contributed by atoms with Gasteiger partial charge in [0, 0.05) is 13.5 Å². The van der Waals surface area contributed by atoms with E-state index in [4.69, 9.17) is 4.74 Å². The molecule has 1 saturated carbocycles. The van der Waals surface area contributed by atoms with Gasteiger partial charge >= 0.3 is 0 Å². The Labute approximate surface area is 113 Å². The van der Waals surface area contributed by atoms with E-state index in [1.807, 2.05) is 0 Å². The van der Waals surface area contributed by atoms with E-state index in [0.717, 1.165) is 32.1 Å². The van der Waals surface area contributed by atoms with Crippen LogP contribution >= 0.6 is 0 Å². The number of ether oxygens (including phenoxy) is 1. The molecule has 0 aromatic rings. The lowest BCUT2D eigenvalue weighted by Gasteiger charge is -2.36. The fourth-order valence-corrected chi connectivity index (χ4v) is 3.13. The number of methoxy groups -OCH3 is 1. The molecule has 0 aliphatic heterocycles. The number of hydrogen-bond acceptors (Lipinski definition) is 2. The summed E-state index contributed by atoms with van der Waals surface area (Å²) in [7, 11) is 1.77. The molecule has 1 rings (SSSR count). The number of rotatable bonds is 9. The molecule has 2 nitrogen and oxygen atoms in total. The molecular formula is C16H32O2. The maximum Gasteiger partial charge on any atom is 0.0672 e. The molecule has 2 heteroatoms. The SMILES string of the molecule is CCCCCCCCCC1(O)CCCC(OC)C1. The molecule has 0 bridgehead atoms. The van der Waals surface area contributed by atoms with Gasteiger partial charge in [-0.25, -0.2) is 0 Å². The van der Waals surface area contributed by atoms with Gasteiger partial charge in [0.25, 0.3) is 0 Å². The van der Waals surface area contributed by atoms with Crippen LogP contribution in [0, 0.1) is 0 Å². The zero-order valence-electron chi connectivity index (χ0n) is 12.4. The Morgan fingerprint density at radius 3 is 2.44 bits per heavy atom. The van der Waals surface area contributed by atoms with Crippen LogP contribution in [0.5, 0.6) is 0 Å². The van der Waals surface area contributed by atoms with E-state index in [9.17, 15) is 5.11 Å². The van der Waals surface area contributed by atoms with Crippen molar-refractivity contribution in [2.75, 3.05) is 7.11 Å². The van der Waals surface area contributed by atoms with Crippen molar-refractivity contribution in [3.63, 3.8) is 0 Å². The summed E-state index contributed by atoms with van der Waals surface area (Å²) in [6.07, 6.45) is 14.6. The van der Waals surface area contributed by atoms with Gasteiger partial charge in [-0.2, -0.15) is 0 Å². The molecule has 0 amide bonds. The third-order valence-corrected chi connectivity index (χ3v) is 4.35. The van der Waals surface area contributed by atoms with E-state index in [1.54, 1.807) is 7.11 Å². The van der Waals surface area contributed by atoms with Crippen molar-refractivity contribution in [2.24, 2.45) is 0 Å². The third-order valence-electron chi connectivity index (χ3n) is 4.35. The quantitative estimate of drug-likeness (QED) is 0.618. The van der Waals surface area contributed by atoms with Crippen molar-refractivity contribution in [2.45, 2.75) is 95.7 Å². The summed E-state index contributed by atoms with van der Waals surface area (Å²) >= 11 is 0. The summed E-state index contributed by atoms with van der Waals surface area (Å²) < 4.78 is 5.40. The second kappa shape index (κ2) is 8.92. The molecule has 1 N–H and O–H groups in total. The second-order valence-electron chi connectivity index (χ2n) is 6.05. The minimum Gasteiger partial charge on any atom is -0.390 e. The number of unbranched alkanes of at least 4 members (excludes halogenated alkanes) is 6. The fraction of sp³-hybridized carbons (Fsp3) is 1.00. The van der Waals surface area contributed by atoms with Crippen LogP contribution in [-0.2, 0) is 4.74 Å². The van der Waals surface area contributed by atoms with E-state index in [0.29, 0.717) is 0 Å². The minimum atomic E-state index is -0.428. The molecule has 18 heavy (non-hydrogen) atoms. The molecule has 2 unspecified atom stereocenters. The van der Waals surface area contributed by atoms with E-state index >= 15 is 0 Å². The molecule has 0 aromatic carbocycles. The molecule has 0 radical (unpaired) electrons. The van der Waals surface area contributed by atoms with Crippen LogP contribution in [0.4, 0.5) is 0 Å². The second-order valence-corrected chi connectivity index (χ2v) is 6.05. The Bertz CT molecular complexity index is 205. The van der Waals surface area contributed by atoms with Gasteiger partial charge in [-0.05, 0) is 25.7 Å². The van der Waals surface area contributed by atoms with Gasteiger partial charge in [-0.1, -0.05) is 51.9 Å². The van der Waals surface area contributed by atoms with Crippen LogP contribution in [0.15, 0.2) is 0 Å². The molecule has 0 heterocycles. The van der Waals surface area contributed by atoms with Crippen molar-refractivity contribution in [3.8, 4) is 0 Å².